The predicted molar refractivity (Wildman–Crippen MR) is 46.8 cm³/mol. The fourth-order valence-corrected chi connectivity index (χ4v) is 0.699. The van der Waals surface area contributed by atoms with Gasteiger partial charge in [0.2, 0.25) is 0 Å². The Labute approximate surface area is 67.5 Å². The highest BCUT2D eigenvalue weighted by Gasteiger charge is 1.99. The molecule has 0 aromatic heterocycles. The number of allylic oxidation sites excluding steroid dienone is 2. The van der Waals surface area contributed by atoms with E-state index < -0.39 is 0 Å². The second-order valence-corrected chi connectivity index (χ2v) is 2.34. The van der Waals surface area contributed by atoms with Crippen LogP contribution in [0.2, 0.25) is 0 Å². The van der Waals surface area contributed by atoms with Crippen molar-refractivity contribution in [3.8, 4) is 0 Å². The molecule has 0 aliphatic rings. The summed E-state index contributed by atoms with van der Waals surface area (Å²) in [7, 11) is 1.74. The quantitative estimate of drug-likeness (QED) is 0.307. The number of nitrogens with zero attached hydrogens (tertiary/aromatic N) is 1. The molecule has 0 bridgehead atoms. The minimum Gasteiger partial charge on any atom is -0.405 e. The molecular formula is C7H16N4. The Balaban J connectivity index is 4.48. The largest absolute Gasteiger partial charge is 0.405 e. The van der Waals surface area contributed by atoms with Gasteiger partial charge >= 0.3 is 0 Å². The van der Waals surface area contributed by atoms with Gasteiger partial charge in [-0.15, -0.1) is 0 Å². The highest BCUT2D eigenvalue weighted by Crippen LogP contribution is 2.04. The number of nitrogens with one attached hydrogen (secondary N) is 1. The average Bonchev–Trinajstić information content (AvgIpc) is 1.98. The molecule has 0 aliphatic carbocycles. The van der Waals surface area contributed by atoms with Gasteiger partial charge in [0.25, 0.3) is 0 Å². The fraction of sp³-hybridized carbons (Fsp3) is 0.429. The van der Waals surface area contributed by atoms with Gasteiger partial charge in [-0.3, -0.25) is 0 Å². The molecule has 0 fully saturated rings. The second kappa shape index (κ2) is 4.76. The molecule has 64 valence electrons. The normalized spacial score (nSPS) is 10.2. The van der Waals surface area contributed by atoms with Crippen molar-refractivity contribution in [3.63, 3.8) is 0 Å². The van der Waals surface area contributed by atoms with Gasteiger partial charge in [-0.2, -0.15) is 0 Å². The molecule has 0 saturated heterocycles. The molecule has 0 amide bonds. The van der Waals surface area contributed by atoms with Gasteiger partial charge in [0.05, 0.1) is 5.70 Å². The summed E-state index contributed by atoms with van der Waals surface area (Å²) in [6.07, 6.45) is 3.20. The van der Waals surface area contributed by atoms with Crippen molar-refractivity contribution in [2.24, 2.45) is 11.6 Å². The fourth-order valence-electron chi connectivity index (χ4n) is 0.699. The van der Waals surface area contributed by atoms with E-state index in [4.69, 9.17) is 11.6 Å². The number of hydrogen-bond acceptors (Lipinski definition) is 4. The highest BCUT2D eigenvalue weighted by molar-refractivity contribution is 5.20. The van der Waals surface area contributed by atoms with Gasteiger partial charge in [0, 0.05) is 7.05 Å². The minimum absolute atomic E-state index is 0.870. The van der Waals surface area contributed by atoms with Gasteiger partial charge in [-0.25, -0.2) is 16.4 Å². The third-order valence-corrected chi connectivity index (χ3v) is 1.27. The maximum absolute atomic E-state index is 5.56. The Bertz CT molecular complexity index is 167. The molecule has 5 N–H and O–H groups in total. The van der Waals surface area contributed by atoms with Crippen molar-refractivity contribution in [1.29, 1.82) is 0 Å². The summed E-state index contributed by atoms with van der Waals surface area (Å²) in [4.78, 5) is 0. The van der Waals surface area contributed by atoms with Gasteiger partial charge in [-0.1, -0.05) is 0 Å². The van der Waals surface area contributed by atoms with Crippen LogP contribution in [0, 0.1) is 0 Å². The molecule has 0 unspecified atom stereocenters. The van der Waals surface area contributed by atoms with Crippen LogP contribution in [0.4, 0.5) is 0 Å². The molecule has 0 rings (SSSR count). The molecule has 0 aliphatic heterocycles. The van der Waals surface area contributed by atoms with Crippen LogP contribution in [0.1, 0.15) is 13.8 Å². The molecule has 4 nitrogen and oxygen atoms in total. The first-order valence-electron chi connectivity index (χ1n) is 3.41. The van der Waals surface area contributed by atoms with E-state index in [-0.39, 0.29) is 0 Å². The second-order valence-electron chi connectivity index (χ2n) is 2.34. The number of rotatable bonds is 3. The molecule has 0 atom stereocenters. The van der Waals surface area contributed by atoms with Crippen molar-refractivity contribution in [2.75, 3.05) is 7.05 Å². The first-order chi connectivity index (χ1) is 5.13. The van der Waals surface area contributed by atoms with Crippen molar-refractivity contribution in [1.82, 2.24) is 10.5 Å². The van der Waals surface area contributed by atoms with Gasteiger partial charge < -0.3 is 5.73 Å². The van der Waals surface area contributed by atoms with Crippen LogP contribution in [0.5, 0.6) is 0 Å². The highest BCUT2D eigenvalue weighted by atomic mass is 15.7. The standard InChI is InChI=1S/C7H16N4/c1-6(2)7(4-5-8)11(9)10-3/h4-5,10H,8-9H2,1-3H3/b5-4-. The molecule has 0 radical (unpaired) electrons. The Morgan fingerprint density at radius 3 is 2.27 bits per heavy atom. The van der Waals surface area contributed by atoms with Crippen LogP contribution in [0.15, 0.2) is 23.5 Å². The first kappa shape index (κ1) is 10.0. The lowest BCUT2D eigenvalue weighted by molar-refractivity contribution is 0.287. The van der Waals surface area contributed by atoms with E-state index in [1.807, 2.05) is 13.8 Å². The molecule has 11 heavy (non-hydrogen) atoms. The minimum atomic E-state index is 0.870. The average molecular weight is 156 g/mol. The monoisotopic (exact) mass is 156 g/mol. The Morgan fingerprint density at radius 1 is 1.45 bits per heavy atom. The van der Waals surface area contributed by atoms with Gasteiger partial charge in [0.15, 0.2) is 0 Å². The van der Waals surface area contributed by atoms with Crippen LogP contribution in [0.3, 0.4) is 0 Å². The van der Waals surface area contributed by atoms with Crippen LogP contribution in [0.25, 0.3) is 0 Å². The summed E-state index contributed by atoms with van der Waals surface area (Å²) < 4.78 is 0. The summed E-state index contributed by atoms with van der Waals surface area (Å²) >= 11 is 0. The topological polar surface area (TPSA) is 67.3 Å². The smallest absolute Gasteiger partial charge is 0.0700 e. The van der Waals surface area contributed by atoms with E-state index in [0.29, 0.717) is 0 Å². The summed E-state index contributed by atoms with van der Waals surface area (Å²) in [5.41, 5.74) is 9.98. The third kappa shape index (κ3) is 3.06. The first-order valence-corrected chi connectivity index (χ1v) is 3.41. The molecule has 0 saturated carbocycles. The van der Waals surface area contributed by atoms with Crippen molar-refractivity contribution < 1.29 is 0 Å². The van der Waals surface area contributed by atoms with E-state index in [9.17, 15) is 0 Å². The maximum atomic E-state index is 5.56. The van der Waals surface area contributed by atoms with Crippen molar-refractivity contribution in [2.45, 2.75) is 13.8 Å². The molecule has 0 spiro atoms. The van der Waals surface area contributed by atoms with E-state index in [2.05, 4.69) is 5.43 Å². The Kier molecular flexibility index (Phi) is 4.33. The lowest BCUT2D eigenvalue weighted by Crippen LogP contribution is -2.40. The van der Waals surface area contributed by atoms with Crippen LogP contribution >= 0.6 is 0 Å². The van der Waals surface area contributed by atoms with E-state index in [1.165, 1.54) is 11.3 Å². The van der Waals surface area contributed by atoms with E-state index in [1.54, 1.807) is 13.1 Å². The third-order valence-electron chi connectivity index (χ3n) is 1.27. The zero-order valence-electron chi connectivity index (χ0n) is 7.26. The molecule has 0 aromatic carbocycles. The van der Waals surface area contributed by atoms with Crippen molar-refractivity contribution >= 4 is 0 Å². The van der Waals surface area contributed by atoms with Gasteiger partial charge in [-0.05, 0) is 31.7 Å². The van der Waals surface area contributed by atoms with Crippen molar-refractivity contribution in [3.05, 3.63) is 23.5 Å². The number of hydrazine groups is 2. The van der Waals surface area contributed by atoms with Crippen LogP contribution < -0.4 is 17.0 Å². The number of hydrogen-bond donors (Lipinski definition) is 3. The Hall–Kier alpha value is -1.00. The van der Waals surface area contributed by atoms with Crippen LogP contribution in [-0.2, 0) is 0 Å². The van der Waals surface area contributed by atoms with E-state index >= 15 is 0 Å². The number of nitrogens with two attached hydrogens (primary N) is 2. The molecule has 4 heteroatoms. The molecule has 0 heterocycles. The van der Waals surface area contributed by atoms with Gasteiger partial charge in [0.1, 0.15) is 0 Å². The summed E-state index contributed by atoms with van der Waals surface area (Å²) in [6, 6.07) is 0. The predicted octanol–water partition coefficient (Wildman–Crippen LogP) is 0.0628. The van der Waals surface area contributed by atoms with E-state index in [0.717, 1.165) is 11.3 Å². The SMILES string of the molecule is CNN(N)C(/C=C\N)=C(C)C. The summed E-state index contributed by atoms with van der Waals surface area (Å²) in [5, 5.41) is 1.42. The summed E-state index contributed by atoms with van der Waals surface area (Å²) in [5.74, 6) is 5.56. The van der Waals surface area contributed by atoms with Crippen LogP contribution in [-0.4, -0.2) is 12.2 Å². The zero-order valence-corrected chi connectivity index (χ0v) is 7.26. The summed E-state index contributed by atoms with van der Waals surface area (Å²) in [6.45, 7) is 3.93. The zero-order chi connectivity index (χ0) is 8.85. The molecule has 0 aromatic rings. The molecular weight excluding hydrogens is 140 g/mol. The maximum Gasteiger partial charge on any atom is 0.0700 e. The lowest BCUT2D eigenvalue weighted by Gasteiger charge is -2.19. The lowest BCUT2D eigenvalue weighted by atomic mass is 10.2. The Morgan fingerprint density at radius 2 is 2.00 bits per heavy atom.